The smallest absolute Gasteiger partial charge is 0.323 e. The third-order valence-electron chi connectivity index (χ3n) is 5.45. The number of nitrogens with zero attached hydrogens (tertiary/aromatic N) is 2. The van der Waals surface area contributed by atoms with E-state index in [2.05, 4.69) is 15.3 Å². The van der Waals surface area contributed by atoms with Gasteiger partial charge in [-0.25, -0.2) is 13.2 Å². The highest BCUT2D eigenvalue weighted by molar-refractivity contribution is 7.89. The van der Waals surface area contributed by atoms with Crippen molar-refractivity contribution >= 4 is 32.7 Å². The summed E-state index contributed by atoms with van der Waals surface area (Å²) >= 11 is 0. The van der Waals surface area contributed by atoms with E-state index in [4.69, 9.17) is 0 Å². The van der Waals surface area contributed by atoms with E-state index < -0.39 is 10.0 Å². The maximum Gasteiger partial charge on any atom is 0.323 e. The summed E-state index contributed by atoms with van der Waals surface area (Å²) in [5.41, 5.74) is 3.34. The van der Waals surface area contributed by atoms with Crippen LogP contribution in [-0.2, 0) is 14.8 Å². The first-order chi connectivity index (χ1) is 14.7. The number of anilines is 1. The van der Waals surface area contributed by atoms with Gasteiger partial charge in [0.2, 0.25) is 15.9 Å². The number of imidazole rings is 1. The largest absolute Gasteiger partial charge is 0.325 e. The Hall–Kier alpha value is -2.95. The van der Waals surface area contributed by atoms with Gasteiger partial charge in [-0.3, -0.25) is 9.69 Å². The lowest BCUT2D eigenvalue weighted by atomic mass is 10.2. The van der Waals surface area contributed by atoms with Crippen LogP contribution in [0.5, 0.6) is 0 Å². The number of fused-ring (bicyclic) bond motifs is 1. The number of rotatable bonds is 5. The molecule has 0 saturated carbocycles. The Morgan fingerprint density at radius 3 is 2.42 bits per heavy atom. The molecule has 3 N–H and O–H groups in total. The highest BCUT2D eigenvalue weighted by atomic mass is 32.2. The first-order valence-corrected chi connectivity index (χ1v) is 11.5. The molecule has 1 amide bonds. The molecule has 0 atom stereocenters. The molecule has 0 bridgehead atoms. The van der Waals surface area contributed by atoms with Crippen molar-refractivity contribution in [1.82, 2.24) is 19.2 Å². The molecular weight excluding hydrogens is 418 g/mol. The highest BCUT2D eigenvalue weighted by Gasteiger charge is 2.30. The Kier molecular flexibility index (Phi) is 5.69. The van der Waals surface area contributed by atoms with E-state index in [1.165, 1.54) is 4.31 Å². The number of nitrogens with one attached hydrogen (secondary N) is 3. The summed E-state index contributed by atoms with van der Waals surface area (Å²) in [4.78, 5) is 31.4. The van der Waals surface area contributed by atoms with Gasteiger partial charge in [-0.15, -0.1) is 0 Å². The summed E-state index contributed by atoms with van der Waals surface area (Å²) in [5.74, 6) is -0.192. The van der Waals surface area contributed by atoms with E-state index in [-0.39, 0.29) is 18.1 Å². The van der Waals surface area contributed by atoms with Crippen molar-refractivity contribution in [1.29, 1.82) is 0 Å². The summed E-state index contributed by atoms with van der Waals surface area (Å²) in [5, 5.41) is 2.82. The first kappa shape index (κ1) is 21.3. The van der Waals surface area contributed by atoms with E-state index >= 15 is 0 Å². The highest BCUT2D eigenvalue weighted by Crippen LogP contribution is 2.22. The molecule has 1 aliphatic rings. The summed E-state index contributed by atoms with van der Waals surface area (Å²) in [7, 11) is -3.55. The molecule has 1 aliphatic heterocycles. The third kappa shape index (κ3) is 4.55. The molecule has 10 heteroatoms. The first-order valence-electron chi connectivity index (χ1n) is 10.0. The lowest BCUT2D eigenvalue weighted by Crippen LogP contribution is -2.50. The minimum Gasteiger partial charge on any atom is -0.325 e. The van der Waals surface area contributed by atoms with Gasteiger partial charge in [-0.05, 0) is 43.7 Å². The molecule has 0 unspecified atom stereocenters. The van der Waals surface area contributed by atoms with Crippen LogP contribution in [0, 0.1) is 13.8 Å². The van der Waals surface area contributed by atoms with Gasteiger partial charge in [0, 0.05) is 31.9 Å². The second kappa shape index (κ2) is 8.29. The number of benzene rings is 2. The molecule has 3 aromatic rings. The zero-order chi connectivity index (χ0) is 22.2. The van der Waals surface area contributed by atoms with Crippen LogP contribution in [0.2, 0.25) is 0 Å². The second-order valence-corrected chi connectivity index (χ2v) is 9.74. The molecule has 9 nitrogen and oxygen atoms in total. The van der Waals surface area contributed by atoms with Crippen molar-refractivity contribution in [3.05, 3.63) is 58.0 Å². The van der Waals surface area contributed by atoms with Crippen LogP contribution in [0.3, 0.4) is 0 Å². The van der Waals surface area contributed by atoms with E-state index in [0.717, 1.165) is 11.1 Å². The Morgan fingerprint density at radius 2 is 1.71 bits per heavy atom. The van der Waals surface area contributed by atoms with Gasteiger partial charge in [-0.1, -0.05) is 17.7 Å². The lowest BCUT2D eigenvalue weighted by molar-refractivity contribution is -0.117. The van der Waals surface area contributed by atoms with Crippen LogP contribution in [0.15, 0.2) is 46.1 Å². The number of aromatic nitrogens is 2. The van der Waals surface area contributed by atoms with E-state index in [1.807, 2.05) is 17.9 Å². The second-order valence-electron chi connectivity index (χ2n) is 7.84. The number of hydrogen-bond acceptors (Lipinski definition) is 5. The van der Waals surface area contributed by atoms with Crippen LogP contribution in [0.1, 0.15) is 11.1 Å². The van der Waals surface area contributed by atoms with E-state index in [0.29, 0.717) is 47.8 Å². The molecule has 0 spiro atoms. The molecule has 1 saturated heterocycles. The van der Waals surface area contributed by atoms with Crippen LogP contribution in [-0.4, -0.2) is 66.2 Å². The quantitative estimate of drug-likeness (QED) is 0.551. The molecule has 31 heavy (non-hydrogen) atoms. The molecule has 1 aromatic heterocycles. The maximum absolute atomic E-state index is 13.0. The Labute approximate surface area is 180 Å². The molecule has 2 heterocycles. The molecule has 164 valence electrons. The number of sulfonamides is 1. The van der Waals surface area contributed by atoms with Crippen molar-refractivity contribution < 1.29 is 13.2 Å². The van der Waals surface area contributed by atoms with Gasteiger partial charge >= 0.3 is 5.69 Å². The summed E-state index contributed by atoms with van der Waals surface area (Å²) in [6, 6.07) is 10.5. The number of carbonyl (C=O) groups excluding carboxylic acids is 1. The number of aryl methyl sites for hydroxylation is 2. The minimum absolute atomic E-state index is 0.166. The molecular formula is C21H25N5O4S. The zero-order valence-electron chi connectivity index (χ0n) is 17.4. The number of aromatic amines is 2. The molecule has 0 radical (unpaired) electrons. The third-order valence-corrected chi connectivity index (χ3v) is 7.51. The molecule has 2 aromatic carbocycles. The fraction of sp³-hybridized carbons (Fsp3) is 0.333. The number of carbonyl (C=O) groups is 1. The van der Waals surface area contributed by atoms with Gasteiger partial charge in [0.15, 0.2) is 0 Å². The zero-order valence-corrected chi connectivity index (χ0v) is 18.3. The number of amides is 1. The van der Waals surface area contributed by atoms with Gasteiger partial charge in [0.25, 0.3) is 0 Å². The van der Waals surface area contributed by atoms with Gasteiger partial charge in [-0.2, -0.15) is 4.31 Å². The van der Waals surface area contributed by atoms with Crippen LogP contribution in [0.4, 0.5) is 5.69 Å². The average Bonchev–Trinajstić information content (AvgIpc) is 3.07. The Balaban J connectivity index is 1.35. The molecule has 4 rings (SSSR count). The van der Waals surface area contributed by atoms with Crippen LogP contribution >= 0.6 is 0 Å². The fourth-order valence-electron chi connectivity index (χ4n) is 3.87. The van der Waals surface area contributed by atoms with Gasteiger partial charge in [0.05, 0.1) is 22.5 Å². The average molecular weight is 444 g/mol. The van der Waals surface area contributed by atoms with Gasteiger partial charge in [0.1, 0.15) is 0 Å². The standard InChI is InChI=1S/C21H25N5O4S/c1-14-3-6-19(15(2)11-14)31(29,30)26-9-7-25(8-10-26)13-20(27)22-16-4-5-17-18(12-16)24-21(28)23-17/h3-6,11-12H,7-10,13H2,1-2H3,(H,22,27)(H2,23,24,28). The van der Waals surface area contributed by atoms with Crippen LogP contribution < -0.4 is 11.0 Å². The molecule has 0 aliphatic carbocycles. The summed E-state index contributed by atoms with van der Waals surface area (Å²) < 4.78 is 27.5. The Morgan fingerprint density at radius 1 is 1.00 bits per heavy atom. The van der Waals surface area contributed by atoms with E-state index in [9.17, 15) is 18.0 Å². The fourth-order valence-corrected chi connectivity index (χ4v) is 5.50. The van der Waals surface area contributed by atoms with Crippen molar-refractivity contribution in [3.63, 3.8) is 0 Å². The number of hydrogen-bond donors (Lipinski definition) is 3. The summed E-state index contributed by atoms with van der Waals surface area (Å²) in [6.45, 7) is 5.52. The lowest BCUT2D eigenvalue weighted by Gasteiger charge is -2.33. The Bertz CT molecular complexity index is 1290. The summed E-state index contributed by atoms with van der Waals surface area (Å²) in [6.07, 6.45) is 0. The number of piperazine rings is 1. The van der Waals surface area contributed by atoms with Crippen molar-refractivity contribution in [3.8, 4) is 0 Å². The van der Waals surface area contributed by atoms with Crippen LogP contribution in [0.25, 0.3) is 11.0 Å². The van der Waals surface area contributed by atoms with Crippen molar-refractivity contribution in [2.24, 2.45) is 0 Å². The topological polar surface area (TPSA) is 118 Å². The maximum atomic E-state index is 13.0. The SMILES string of the molecule is Cc1ccc(S(=O)(=O)N2CCN(CC(=O)Nc3ccc4[nH]c(=O)[nH]c4c3)CC2)c(C)c1. The normalized spacial score (nSPS) is 15.9. The monoisotopic (exact) mass is 443 g/mol. The molecule has 1 fully saturated rings. The predicted molar refractivity (Wildman–Crippen MR) is 119 cm³/mol. The van der Waals surface area contributed by atoms with E-state index in [1.54, 1.807) is 37.3 Å². The van der Waals surface area contributed by atoms with Crippen molar-refractivity contribution in [2.45, 2.75) is 18.7 Å². The number of H-pyrrole nitrogens is 2. The van der Waals surface area contributed by atoms with Crippen molar-refractivity contribution in [2.75, 3.05) is 38.0 Å². The predicted octanol–water partition coefficient (Wildman–Crippen LogP) is 1.42. The minimum atomic E-state index is -3.55. The van der Waals surface area contributed by atoms with Gasteiger partial charge < -0.3 is 15.3 Å².